The number of methoxy groups -OCH3 is 1. The Balaban J connectivity index is 1.57. The van der Waals surface area contributed by atoms with Crippen molar-refractivity contribution in [1.82, 2.24) is 10.2 Å². The number of nitrogens with two attached hydrogens (primary N) is 1. The van der Waals surface area contributed by atoms with Crippen LogP contribution in [0.2, 0.25) is 0 Å². The molecule has 2 aromatic carbocycles. The molecule has 0 aromatic heterocycles. The molecule has 1 unspecified atom stereocenters. The third-order valence-electron chi connectivity index (χ3n) is 9.06. The summed E-state index contributed by atoms with van der Waals surface area (Å²) >= 11 is 0. The van der Waals surface area contributed by atoms with Gasteiger partial charge in [-0.25, -0.2) is 0 Å². The van der Waals surface area contributed by atoms with Crippen LogP contribution in [0.4, 0.5) is 5.69 Å². The number of nitrogens with zero attached hydrogens (tertiary/aromatic N) is 2. The van der Waals surface area contributed by atoms with E-state index in [1.54, 1.807) is 21.2 Å². The number of hydrogen-bond acceptors (Lipinski definition) is 11. The largest absolute Gasteiger partial charge is 0.510 e. The number of carbonyl (C=O) groups is 3. The van der Waals surface area contributed by atoms with E-state index in [0.29, 0.717) is 23.4 Å². The first-order valence-electron chi connectivity index (χ1n) is 14.3. The molecule has 12 nitrogen and oxygen atoms in total. The molecule has 0 spiro atoms. The fourth-order valence-corrected chi connectivity index (χ4v) is 6.97. The van der Waals surface area contributed by atoms with E-state index in [4.69, 9.17) is 10.5 Å². The van der Waals surface area contributed by atoms with Crippen molar-refractivity contribution in [2.75, 3.05) is 40.2 Å². The molecule has 0 saturated heterocycles. The van der Waals surface area contributed by atoms with Crippen molar-refractivity contribution in [3.8, 4) is 11.5 Å². The fraction of sp³-hybridized carbons (Fsp3) is 0.406. The van der Waals surface area contributed by atoms with Crippen LogP contribution in [0.25, 0.3) is 0 Å². The number of likely N-dealkylation sites (N-methyl/N-ethyl adjacent to an activating group) is 1. The summed E-state index contributed by atoms with van der Waals surface area (Å²) in [6, 6.07) is 8.29. The molecule has 0 saturated carbocycles. The Labute approximate surface area is 255 Å². The predicted octanol–water partition coefficient (Wildman–Crippen LogP) is 1.49. The molecule has 3 aliphatic rings. The molecule has 2 aromatic rings. The highest BCUT2D eigenvalue weighted by molar-refractivity contribution is 6.25. The number of nitrogens with one attached hydrogen (secondary N) is 1. The summed E-state index contributed by atoms with van der Waals surface area (Å²) in [5, 5.41) is 49.0. The molecule has 0 aliphatic heterocycles. The molecule has 0 fully saturated rings. The molecule has 0 radical (unpaired) electrons. The maximum Gasteiger partial charge on any atom is 0.255 e. The third kappa shape index (κ3) is 4.70. The van der Waals surface area contributed by atoms with E-state index >= 15 is 0 Å². The van der Waals surface area contributed by atoms with Gasteiger partial charge in [-0.2, -0.15) is 0 Å². The molecule has 3 aliphatic carbocycles. The van der Waals surface area contributed by atoms with Crippen LogP contribution in [0.15, 0.2) is 53.0 Å². The number of fused-ring (bicyclic) bond motifs is 3. The lowest BCUT2D eigenvalue weighted by atomic mass is 9.58. The number of allylic oxidation sites excluding steroid dienone is 1. The van der Waals surface area contributed by atoms with Crippen molar-refractivity contribution in [2.45, 2.75) is 37.6 Å². The number of carbonyl (C=O) groups excluding carboxylic acids is 3. The van der Waals surface area contributed by atoms with Crippen LogP contribution >= 0.6 is 0 Å². The monoisotopic (exact) mass is 606 g/mol. The SMILES string of the molecule is COc1ccc(CNCc2cc(N(C)C)c3c(c2O)C(=O)C2=C(O)[C@]4(O)C(=O)C(C(N)=O)=C(O)C(N(C)C)[C@@H]4C[C@@H]2C3)cc1. The maximum absolute atomic E-state index is 14.2. The summed E-state index contributed by atoms with van der Waals surface area (Å²) in [7, 11) is 8.43. The molecule has 0 bridgehead atoms. The van der Waals surface area contributed by atoms with Crippen molar-refractivity contribution in [2.24, 2.45) is 17.6 Å². The number of aliphatic hydroxyl groups is 3. The number of phenolic OH excluding ortho intramolecular Hbond substituents is 1. The van der Waals surface area contributed by atoms with Gasteiger partial charge in [0.05, 0.1) is 18.7 Å². The topological polar surface area (TPSA) is 186 Å². The number of primary amides is 1. The minimum Gasteiger partial charge on any atom is -0.510 e. The molecule has 44 heavy (non-hydrogen) atoms. The molecule has 5 rings (SSSR count). The van der Waals surface area contributed by atoms with Crippen molar-refractivity contribution in [1.29, 1.82) is 0 Å². The average molecular weight is 607 g/mol. The Morgan fingerprint density at radius 1 is 1.09 bits per heavy atom. The van der Waals surface area contributed by atoms with E-state index in [9.17, 15) is 34.8 Å². The van der Waals surface area contributed by atoms with Gasteiger partial charge in [0.25, 0.3) is 5.91 Å². The zero-order valence-corrected chi connectivity index (χ0v) is 25.3. The lowest BCUT2D eigenvalue weighted by Gasteiger charge is -2.50. The van der Waals surface area contributed by atoms with Gasteiger partial charge in [-0.3, -0.25) is 19.3 Å². The second kappa shape index (κ2) is 11.3. The smallest absolute Gasteiger partial charge is 0.255 e. The lowest BCUT2D eigenvalue weighted by Crippen LogP contribution is -2.63. The summed E-state index contributed by atoms with van der Waals surface area (Å²) in [5.74, 6) is -5.96. The number of anilines is 1. The Hall–Kier alpha value is -4.39. The van der Waals surface area contributed by atoms with Gasteiger partial charge in [-0.15, -0.1) is 0 Å². The van der Waals surface area contributed by atoms with Crippen LogP contribution < -0.4 is 20.7 Å². The number of ether oxygens (including phenoxy) is 1. The van der Waals surface area contributed by atoms with E-state index in [2.05, 4.69) is 5.32 Å². The molecule has 0 heterocycles. The first kappa shape index (κ1) is 31.0. The van der Waals surface area contributed by atoms with Gasteiger partial charge < -0.3 is 41.1 Å². The maximum atomic E-state index is 14.2. The Bertz CT molecular complexity index is 1610. The summed E-state index contributed by atoms with van der Waals surface area (Å²) < 4.78 is 5.20. The van der Waals surface area contributed by atoms with Crippen molar-refractivity contribution < 1.29 is 39.5 Å². The van der Waals surface area contributed by atoms with Crippen molar-refractivity contribution in [3.63, 3.8) is 0 Å². The predicted molar refractivity (Wildman–Crippen MR) is 162 cm³/mol. The highest BCUT2D eigenvalue weighted by Crippen LogP contribution is 2.53. The Kier molecular flexibility index (Phi) is 7.95. The molecular weight excluding hydrogens is 568 g/mol. The van der Waals surface area contributed by atoms with Gasteiger partial charge in [0.15, 0.2) is 11.4 Å². The van der Waals surface area contributed by atoms with E-state index in [0.717, 1.165) is 11.3 Å². The minimum atomic E-state index is -2.68. The number of phenols is 1. The summed E-state index contributed by atoms with van der Waals surface area (Å²) in [6.45, 7) is 0.695. The number of amides is 1. The molecule has 7 N–H and O–H groups in total. The third-order valence-corrected chi connectivity index (χ3v) is 9.06. The highest BCUT2D eigenvalue weighted by Gasteiger charge is 2.63. The van der Waals surface area contributed by atoms with E-state index < -0.39 is 58.0 Å². The Morgan fingerprint density at radius 3 is 2.32 bits per heavy atom. The van der Waals surface area contributed by atoms with E-state index in [1.807, 2.05) is 49.3 Å². The quantitative estimate of drug-likeness (QED) is 0.239. The number of hydrogen-bond donors (Lipinski definition) is 6. The second-order valence-electron chi connectivity index (χ2n) is 12.1. The number of benzene rings is 2. The van der Waals surface area contributed by atoms with Crippen molar-refractivity contribution in [3.05, 3.63) is 75.3 Å². The summed E-state index contributed by atoms with van der Waals surface area (Å²) in [4.78, 5) is 43.3. The first-order valence-corrected chi connectivity index (χ1v) is 14.3. The first-order chi connectivity index (χ1) is 20.7. The van der Waals surface area contributed by atoms with Crippen LogP contribution in [0, 0.1) is 11.8 Å². The molecule has 234 valence electrons. The van der Waals surface area contributed by atoms with Gasteiger partial charge in [-0.05, 0) is 62.2 Å². The van der Waals surface area contributed by atoms with Gasteiger partial charge >= 0.3 is 0 Å². The standard InChI is InChI=1S/C32H38N4O8/c1-35(2)21-12-17(14-34-13-15-6-8-18(44-5)9-7-15)26(37)23-19(21)10-16-11-20-25(36(3)4)28(39)24(31(33)42)30(41)32(20,43)29(40)22(16)27(23)38/h6-9,12,16,20,25,34,37,39-40,43H,10-11,13-14H2,1-5H3,(H2,33,42)/t16-,20-,25?,32-/m0/s1. The zero-order valence-electron chi connectivity index (χ0n) is 25.3. The molecule has 4 atom stereocenters. The van der Waals surface area contributed by atoms with Gasteiger partial charge in [0.2, 0.25) is 5.78 Å². The molecule has 1 amide bonds. The lowest BCUT2D eigenvalue weighted by molar-refractivity contribution is -0.148. The van der Waals surface area contributed by atoms with E-state index in [1.165, 1.54) is 4.90 Å². The van der Waals surface area contributed by atoms with Gasteiger partial charge in [-0.1, -0.05) is 12.1 Å². The minimum absolute atomic E-state index is 0.0155. The van der Waals surface area contributed by atoms with Gasteiger partial charge in [0, 0.05) is 49.9 Å². The zero-order chi connectivity index (χ0) is 32.2. The van der Waals surface area contributed by atoms with Gasteiger partial charge in [0.1, 0.15) is 28.6 Å². The van der Waals surface area contributed by atoms with Crippen LogP contribution in [0.5, 0.6) is 11.5 Å². The average Bonchev–Trinajstić information content (AvgIpc) is 2.96. The number of aromatic hydroxyl groups is 1. The molecular formula is C32H38N4O8. The van der Waals surface area contributed by atoms with Crippen LogP contribution in [-0.4, -0.2) is 89.7 Å². The van der Waals surface area contributed by atoms with Crippen LogP contribution in [0.1, 0.15) is 33.5 Å². The summed E-state index contributed by atoms with van der Waals surface area (Å²) in [6.07, 6.45) is 0.250. The number of aliphatic hydroxyl groups excluding tert-OH is 2. The normalized spacial score (nSPS) is 24.7. The number of rotatable bonds is 8. The van der Waals surface area contributed by atoms with Crippen LogP contribution in [-0.2, 0) is 29.1 Å². The Morgan fingerprint density at radius 2 is 1.75 bits per heavy atom. The van der Waals surface area contributed by atoms with Crippen LogP contribution in [0.3, 0.4) is 0 Å². The highest BCUT2D eigenvalue weighted by atomic mass is 16.5. The second-order valence-corrected chi connectivity index (χ2v) is 12.1. The van der Waals surface area contributed by atoms with Crippen molar-refractivity contribution >= 4 is 23.2 Å². The van der Waals surface area contributed by atoms with E-state index in [-0.39, 0.29) is 36.3 Å². The summed E-state index contributed by atoms with van der Waals surface area (Å²) in [5.41, 5.74) is 4.41. The fourth-order valence-electron chi connectivity index (χ4n) is 6.97. The number of Topliss-reactive ketones (excluding diaryl/α,β-unsaturated/α-hetero) is 2. The molecule has 12 heteroatoms. The number of ketones is 2.